The summed E-state index contributed by atoms with van der Waals surface area (Å²) in [5.74, 6) is -3.47. The standard InChI is InChI=1S/C35H45NO11/c1-33-12-10-21(37)16-20(33)5-6-22-23-11-13-35(45,34(23,2)17-27(40)31(22)33)28(41)18-47-30(43)9-8-29(42)36-24(32(44)46-3)14-19-4-7-25(38)26(39)15-19/h4,7,15-16,22-24,27,31,38-40,45H,5-6,8-14,17-18H2,1-3H3,(H,36,42)/t22-,23+,24-,27+,31+,33-,34-,35-/m0/s1. The quantitative estimate of drug-likeness (QED) is 0.183. The van der Waals surface area contributed by atoms with Crippen molar-refractivity contribution in [3.8, 4) is 11.5 Å². The highest BCUT2D eigenvalue weighted by molar-refractivity contribution is 5.92. The highest BCUT2D eigenvalue weighted by atomic mass is 16.5. The van der Waals surface area contributed by atoms with E-state index in [0.29, 0.717) is 24.8 Å². The fourth-order valence-corrected chi connectivity index (χ4v) is 9.24. The first-order chi connectivity index (χ1) is 22.1. The van der Waals surface area contributed by atoms with Crippen LogP contribution in [0, 0.1) is 28.6 Å². The van der Waals surface area contributed by atoms with Crippen LogP contribution in [0.4, 0.5) is 0 Å². The number of ether oxygens (including phenoxy) is 2. The van der Waals surface area contributed by atoms with Crippen LogP contribution in [0.3, 0.4) is 0 Å². The van der Waals surface area contributed by atoms with E-state index in [9.17, 15) is 44.4 Å². The van der Waals surface area contributed by atoms with Crippen molar-refractivity contribution >= 4 is 29.4 Å². The molecule has 0 spiro atoms. The number of phenolic OH excluding ortho intramolecular Hbond substituents is 2. The number of nitrogens with one attached hydrogen (secondary N) is 1. The van der Waals surface area contributed by atoms with Crippen LogP contribution in [-0.2, 0) is 39.9 Å². The van der Waals surface area contributed by atoms with Crippen molar-refractivity contribution in [1.29, 1.82) is 0 Å². The fraction of sp³-hybridized carbons (Fsp3) is 0.629. The second kappa shape index (κ2) is 13.0. The molecule has 1 aromatic rings. The van der Waals surface area contributed by atoms with Crippen LogP contribution in [0.5, 0.6) is 11.5 Å². The van der Waals surface area contributed by atoms with E-state index in [-0.39, 0.29) is 72.6 Å². The zero-order valence-corrected chi connectivity index (χ0v) is 27.1. The summed E-state index contributed by atoms with van der Waals surface area (Å²) in [6.45, 7) is 3.31. The minimum absolute atomic E-state index is 0.0199. The molecule has 0 saturated heterocycles. The molecule has 0 aromatic heterocycles. The first-order valence-electron chi connectivity index (χ1n) is 16.3. The number of esters is 2. The van der Waals surface area contributed by atoms with E-state index in [0.717, 1.165) is 25.5 Å². The molecule has 12 nitrogen and oxygen atoms in total. The molecule has 0 heterocycles. The summed E-state index contributed by atoms with van der Waals surface area (Å²) in [5, 5.41) is 45.1. The molecule has 1 amide bonds. The van der Waals surface area contributed by atoms with Gasteiger partial charge in [-0.1, -0.05) is 25.5 Å². The van der Waals surface area contributed by atoms with Crippen molar-refractivity contribution in [1.82, 2.24) is 5.32 Å². The third-order valence-corrected chi connectivity index (χ3v) is 11.7. The van der Waals surface area contributed by atoms with Gasteiger partial charge in [-0.3, -0.25) is 19.2 Å². The molecule has 5 N–H and O–H groups in total. The molecule has 0 bridgehead atoms. The lowest BCUT2D eigenvalue weighted by Gasteiger charge is -2.60. The summed E-state index contributed by atoms with van der Waals surface area (Å²) in [6.07, 6.45) is 3.87. The van der Waals surface area contributed by atoms with Gasteiger partial charge in [-0.2, -0.15) is 0 Å². The second-order valence-electron chi connectivity index (χ2n) is 14.2. The number of rotatable bonds is 10. The molecule has 8 atom stereocenters. The molecule has 1 aromatic carbocycles. The van der Waals surface area contributed by atoms with Crippen LogP contribution in [-0.4, -0.2) is 81.3 Å². The summed E-state index contributed by atoms with van der Waals surface area (Å²) in [5.41, 5.74) is -1.47. The number of carbonyl (C=O) groups excluding carboxylic acids is 5. The van der Waals surface area contributed by atoms with Crippen LogP contribution in [0.1, 0.15) is 77.2 Å². The number of aliphatic hydroxyl groups is 2. The maximum atomic E-state index is 13.5. The molecule has 3 saturated carbocycles. The van der Waals surface area contributed by atoms with Crippen molar-refractivity contribution in [3.63, 3.8) is 0 Å². The molecule has 5 rings (SSSR count). The van der Waals surface area contributed by atoms with Gasteiger partial charge in [0.1, 0.15) is 11.6 Å². The first-order valence-corrected chi connectivity index (χ1v) is 16.3. The summed E-state index contributed by atoms with van der Waals surface area (Å²) in [4.78, 5) is 63.1. The van der Waals surface area contributed by atoms with Crippen molar-refractivity contribution in [2.45, 2.75) is 95.8 Å². The third-order valence-electron chi connectivity index (χ3n) is 11.7. The van der Waals surface area contributed by atoms with Gasteiger partial charge >= 0.3 is 11.9 Å². The predicted molar refractivity (Wildman–Crippen MR) is 166 cm³/mol. The Bertz CT molecular complexity index is 1490. The average molecular weight is 656 g/mol. The molecule has 12 heteroatoms. The lowest BCUT2D eigenvalue weighted by atomic mass is 9.45. The minimum Gasteiger partial charge on any atom is -0.504 e. The Morgan fingerprint density at radius 1 is 1.04 bits per heavy atom. The van der Waals surface area contributed by atoms with Crippen LogP contribution in [0.25, 0.3) is 0 Å². The summed E-state index contributed by atoms with van der Waals surface area (Å²) in [6, 6.07) is 2.85. The van der Waals surface area contributed by atoms with E-state index in [2.05, 4.69) is 12.2 Å². The monoisotopic (exact) mass is 655 g/mol. The van der Waals surface area contributed by atoms with Crippen LogP contribution in [0.2, 0.25) is 0 Å². The topological polar surface area (TPSA) is 197 Å². The Kier molecular flexibility index (Phi) is 9.58. The maximum absolute atomic E-state index is 13.5. The van der Waals surface area contributed by atoms with E-state index < -0.39 is 53.4 Å². The molecular formula is C35H45NO11. The van der Waals surface area contributed by atoms with Gasteiger partial charge in [-0.25, -0.2) is 4.79 Å². The number of aromatic hydroxyl groups is 2. The largest absolute Gasteiger partial charge is 0.504 e. The maximum Gasteiger partial charge on any atom is 0.328 e. The highest BCUT2D eigenvalue weighted by Gasteiger charge is 2.68. The summed E-state index contributed by atoms with van der Waals surface area (Å²) < 4.78 is 9.96. The number of benzene rings is 1. The Labute approximate surface area is 273 Å². The molecule has 47 heavy (non-hydrogen) atoms. The average Bonchev–Trinajstić information content (AvgIpc) is 3.30. The van der Waals surface area contributed by atoms with Crippen molar-refractivity contribution in [3.05, 3.63) is 35.4 Å². The van der Waals surface area contributed by atoms with Gasteiger partial charge < -0.3 is 35.2 Å². The van der Waals surface area contributed by atoms with Crippen LogP contribution < -0.4 is 5.32 Å². The third kappa shape index (κ3) is 6.29. The smallest absolute Gasteiger partial charge is 0.328 e. The van der Waals surface area contributed by atoms with E-state index in [1.165, 1.54) is 18.2 Å². The van der Waals surface area contributed by atoms with Gasteiger partial charge in [0.2, 0.25) is 11.7 Å². The zero-order valence-electron chi connectivity index (χ0n) is 27.1. The van der Waals surface area contributed by atoms with Crippen molar-refractivity contribution < 1.29 is 53.9 Å². The summed E-state index contributed by atoms with van der Waals surface area (Å²) >= 11 is 0. The Morgan fingerprint density at radius 3 is 2.49 bits per heavy atom. The van der Waals surface area contributed by atoms with E-state index >= 15 is 0 Å². The lowest BCUT2D eigenvalue weighted by molar-refractivity contribution is -0.184. The molecule has 0 aliphatic heterocycles. The second-order valence-corrected chi connectivity index (χ2v) is 14.2. The molecule has 256 valence electrons. The van der Waals surface area contributed by atoms with Gasteiger partial charge in [-0.05, 0) is 85.5 Å². The number of fused-ring (bicyclic) bond motifs is 5. The molecule has 3 fully saturated rings. The number of aliphatic hydroxyl groups excluding tert-OH is 1. The molecular weight excluding hydrogens is 610 g/mol. The molecule has 4 aliphatic rings. The SMILES string of the molecule is COC(=O)[C@H](Cc1ccc(O)c(O)c1)NC(=O)CCC(=O)OCC(=O)[C@@]1(O)CC[C@@H]2[C@@H]3CCC4=CC(=O)CC[C@]4(C)[C@H]3[C@H](O)C[C@@]21C. The van der Waals surface area contributed by atoms with Crippen LogP contribution in [0.15, 0.2) is 29.8 Å². The summed E-state index contributed by atoms with van der Waals surface area (Å²) in [7, 11) is 1.15. The number of methoxy groups -OCH3 is 1. The first kappa shape index (κ1) is 34.6. The number of phenols is 2. The highest BCUT2D eigenvalue weighted by Crippen LogP contribution is 2.67. The number of ketones is 2. The van der Waals surface area contributed by atoms with Crippen molar-refractivity contribution in [2.24, 2.45) is 28.6 Å². The Hall–Kier alpha value is -3.77. The minimum atomic E-state index is -1.79. The van der Waals surface area contributed by atoms with Gasteiger partial charge in [0.15, 0.2) is 23.9 Å². The van der Waals surface area contributed by atoms with Gasteiger partial charge in [-0.15, -0.1) is 0 Å². The number of hydrogen-bond donors (Lipinski definition) is 5. The molecule has 4 aliphatic carbocycles. The number of amides is 1. The Morgan fingerprint density at radius 2 is 1.79 bits per heavy atom. The van der Waals surface area contributed by atoms with E-state index in [1.54, 1.807) is 6.08 Å². The number of carbonyl (C=O) groups is 5. The normalized spacial score (nSPS) is 33.4. The predicted octanol–water partition coefficient (Wildman–Crippen LogP) is 2.42. The zero-order chi connectivity index (χ0) is 34.3. The van der Waals surface area contributed by atoms with Gasteiger partial charge in [0.05, 0.1) is 19.6 Å². The lowest BCUT2D eigenvalue weighted by Crippen LogP contribution is -2.62. The number of hydrogen-bond acceptors (Lipinski definition) is 11. The van der Waals surface area contributed by atoms with E-state index in [1.807, 2.05) is 6.92 Å². The fourth-order valence-electron chi connectivity index (χ4n) is 9.24. The van der Waals surface area contributed by atoms with Gasteiger partial charge in [0, 0.05) is 24.7 Å². The van der Waals surface area contributed by atoms with Crippen LogP contribution >= 0.6 is 0 Å². The number of allylic oxidation sites excluding steroid dienone is 1. The van der Waals surface area contributed by atoms with E-state index in [4.69, 9.17) is 9.47 Å². The van der Waals surface area contributed by atoms with Crippen molar-refractivity contribution in [2.75, 3.05) is 13.7 Å². The Balaban J connectivity index is 1.16. The van der Waals surface area contributed by atoms with Gasteiger partial charge in [0.25, 0.3) is 0 Å². The number of Topliss-reactive ketones (excluding diaryl/α,β-unsaturated/α-hetero) is 1. The molecule has 0 unspecified atom stereocenters. The molecule has 0 radical (unpaired) electrons.